The van der Waals surface area contributed by atoms with E-state index < -0.39 is 12.0 Å². The molecular weight excluding hydrogens is 169 g/mol. The third-order valence-corrected chi connectivity index (χ3v) is 2.56. The van der Waals surface area contributed by atoms with Crippen LogP contribution in [0.3, 0.4) is 0 Å². The number of carboxylic acids is 1. The van der Waals surface area contributed by atoms with Gasteiger partial charge in [0.2, 0.25) is 0 Å². The Bertz CT molecular complexity index is 192. The van der Waals surface area contributed by atoms with Crippen molar-refractivity contribution in [2.24, 2.45) is 5.92 Å². The first-order valence-corrected chi connectivity index (χ1v) is 4.65. The molecule has 0 unspecified atom stereocenters. The lowest BCUT2D eigenvalue weighted by Gasteiger charge is -2.18. The second-order valence-electron chi connectivity index (χ2n) is 3.44. The quantitative estimate of drug-likeness (QED) is 0.456. The van der Waals surface area contributed by atoms with Gasteiger partial charge >= 0.3 is 5.97 Å². The molecule has 0 aliphatic heterocycles. The molecule has 5 heteroatoms. The summed E-state index contributed by atoms with van der Waals surface area (Å²) < 4.78 is 0. The van der Waals surface area contributed by atoms with Crippen LogP contribution >= 0.6 is 0 Å². The summed E-state index contributed by atoms with van der Waals surface area (Å²) in [5, 5.41) is 11.6. The SMILES string of the molecule is O=CBN[C@H](C(=O)O)C1CCCC1. The van der Waals surface area contributed by atoms with Gasteiger partial charge < -0.3 is 15.1 Å². The van der Waals surface area contributed by atoms with Crippen LogP contribution in [0.25, 0.3) is 0 Å². The first kappa shape index (κ1) is 10.2. The third kappa shape index (κ3) is 2.84. The van der Waals surface area contributed by atoms with Crippen LogP contribution in [0.5, 0.6) is 0 Å². The summed E-state index contributed by atoms with van der Waals surface area (Å²) in [5.74, 6) is -0.633. The zero-order chi connectivity index (χ0) is 9.68. The summed E-state index contributed by atoms with van der Waals surface area (Å²) in [5.41, 5.74) is 0. The Kier molecular flexibility index (Phi) is 3.95. The van der Waals surface area contributed by atoms with Gasteiger partial charge in [0.05, 0.1) is 12.2 Å². The zero-order valence-corrected chi connectivity index (χ0v) is 7.53. The fourth-order valence-electron chi connectivity index (χ4n) is 1.92. The lowest BCUT2D eigenvalue weighted by Crippen LogP contribution is -2.44. The molecule has 72 valence electrons. The number of carbonyl (C=O) groups excluding carboxylic acids is 1. The molecule has 13 heavy (non-hydrogen) atoms. The Morgan fingerprint density at radius 2 is 2.15 bits per heavy atom. The highest BCUT2D eigenvalue weighted by Crippen LogP contribution is 2.27. The second-order valence-corrected chi connectivity index (χ2v) is 3.44. The van der Waals surface area contributed by atoms with E-state index >= 15 is 0 Å². The van der Waals surface area contributed by atoms with E-state index in [1.807, 2.05) is 0 Å². The van der Waals surface area contributed by atoms with Crippen molar-refractivity contribution >= 4 is 19.6 Å². The average molecular weight is 183 g/mol. The molecule has 0 aromatic carbocycles. The molecule has 2 N–H and O–H groups in total. The molecule has 0 amide bonds. The smallest absolute Gasteiger partial charge is 0.319 e. The fourth-order valence-corrected chi connectivity index (χ4v) is 1.92. The van der Waals surface area contributed by atoms with Crippen LogP contribution in [0.15, 0.2) is 0 Å². The van der Waals surface area contributed by atoms with E-state index in [0.717, 1.165) is 25.7 Å². The second kappa shape index (κ2) is 5.02. The Labute approximate surface area is 78.0 Å². The lowest BCUT2D eigenvalue weighted by atomic mass is 9.90. The van der Waals surface area contributed by atoms with E-state index in [1.54, 1.807) is 0 Å². The summed E-state index contributed by atoms with van der Waals surface area (Å²) in [4.78, 5) is 20.9. The molecule has 4 nitrogen and oxygen atoms in total. The van der Waals surface area contributed by atoms with Crippen molar-refractivity contribution in [3.05, 3.63) is 0 Å². The number of rotatable bonds is 5. The van der Waals surface area contributed by atoms with Gasteiger partial charge in [-0.1, -0.05) is 12.8 Å². The normalized spacial score (nSPS) is 19.7. The van der Waals surface area contributed by atoms with Gasteiger partial charge in [0, 0.05) is 0 Å². The van der Waals surface area contributed by atoms with Gasteiger partial charge in [0.25, 0.3) is 7.41 Å². The lowest BCUT2D eigenvalue weighted by molar-refractivity contribution is -0.140. The molecule has 1 rings (SSSR count). The standard InChI is InChI=1S/C8H14BNO3/c11-5-9-10-7(8(12)13)6-3-1-2-4-6/h5-7,9-10H,1-4H2,(H,12,13)/t7-/m0/s1. The van der Waals surface area contributed by atoms with E-state index in [0.29, 0.717) is 6.19 Å². The van der Waals surface area contributed by atoms with Crippen molar-refractivity contribution in [2.45, 2.75) is 31.7 Å². The molecule has 1 saturated carbocycles. The summed E-state index contributed by atoms with van der Waals surface area (Å²) in [6.07, 6.45) is 4.84. The Morgan fingerprint density at radius 1 is 1.54 bits per heavy atom. The summed E-state index contributed by atoms with van der Waals surface area (Å²) >= 11 is 0. The number of carboxylic acid groups (broad SMARTS) is 1. The van der Waals surface area contributed by atoms with Crippen molar-refractivity contribution in [3.63, 3.8) is 0 Å². The van der Waals surface area contributed by atoms with Gasteiger partial charge in [0.15, 0.2) is 0 Å². The first-order valence-electron chi connectivity index (χ1n) is 4.65. The van der Waals surface area contributed by atoms with Crippen LogP contribution in [0.2, 0.25) is 0 Å². The molecule has 0 aromatic rings. The van der Waals surface area contributed by atoms with Crippen molar-refractivity contribution in [1.29, 1.82) is 0 Å². The number of hydrogen-bond donors (Lipinski definition) is 2. The van der Waals surface area contributed by atoms with Crippen LogP contribution in [0, 0.1) is 5.92 Å². The minimum absolute atomic E-state index is 0.132. The van der Waals surface area contributed by atoms with E-state index in [4.69, 9.17) is 5.11 Å². The van der Waals surface area contributed by atoms with Crippen LogP contribution in [0.4, 0.5) is 0 Å². The topological polar surface area (TPSA) is 66.4 Å². The number of carbonyl (C=O) groups is 2. The largest absolute Gasteiger partial charge is 0.480 e. The molecule has 0 spiro atoms. The minimum Gasteiger partial charge on any atom is -0.480 e. The maximum Gasteiger partial charge on any atom is 0.319 e. The van der Waals surface area contributed by atoms with E-state index in [1.165, 1.54) is 0 Å². The van der Waals surface area contributed by atoms with E-state index in [2.05, 4.69) is 5.23 Å². The van der Waals surface area contributed by atoms with Crippen molar-refractivity contribution in [1.82, 2.24) is 5.23 Å². The Morgan fingerprint density at radius 3 is 2.62 bits per heavy atom. The predicted molar refractivity (Wildman–Crippen MR) is 50.4 cm³/mol. The molecule has 0 aromatic heterocycles. The fraction of sp³-hybridized carbons (Fsp3) is 0.750. The van der Waals surface area contributed by atoms with Crippen molar-refractivity contribution in [2.75, 3.05) is 0 Å². The van der Waals surface area contributed by atoms with Gasteiger partial charge in [-0.3, -0.25) is 4.79 Å². The predicted octanol–water partition coefficient (Wildman–Crippen LogP) is -0.239. The minimum atomic E-state index is -0.839. The molecule has 0 bridgehead atoms. The Hall–Kier alpha value is -0.835. The van der Waals surface area contributed by atoms with Crippen LogP contribution in [-0.2, 0) is 9.59 Å². The summed E-state index contributed by atoms with van der Waals surface area (Å²) in [7, 11) is 0.132. The molecule has 0 heterocycles. The molecule has 1 aliphatic carbocycles. The van der Waals surface area contributed by atoms with Gasteiger partial charge in [0.1, 0.15) is 0 Å². The van der Waals surface area contributed by atoms with Crippen LogP contribution in [0.1, 0.15) is 25.7 Å². The molecule has 1 aliphatic rings. The molecule has 1 atom stereocenters. The van der Waals surface area contributed by atoms with E-state index in [9.17, 15) is 9.59 Å². The maximum absolute atomic E-state index is 10.8. The zero-order valence-electron chi connectivity index (χ0n) is 7.53. The molecule has 1 fully saturated rings. The number of aliphatic carboxylic acids is 1. The summed E-state index contributed by atoms with van der Waals surface area (Å²) in [6, 6.07) is -0.535. The number of nitrogens with one attached hydrogen (secondary N) is 1. The van der Waals surface area contributed by atoms with Crippen molar-refractivity contribution in [3.8, 4) is 0 Å². The van der Waals surface area contributed by atoms with Gasteiger partial charge in [-0.15, -0.1) is 0 Å². The molecule has 0 saturated heterocycles. The summed E-state index contributed by atoms with van der Waals surface area (Å²) in [6.45, 7) is 0. The van der Waals surface area contributed by atoms with Crippen molar-refractivity contribution < 1.29 is 14.7 Å². The number of hydrogen-bond acceptors (Lipinski definition) is 3. The first-order chi connectivity index (χ1) is 6.25. The molecular formula is C8H14BNO3. The molecule has 0 radical (unpaired) electrons. The highest BCUT2D eigenvalue weighted by Gasteiger charge is 2.29. The van der Waals surface area contributed by atoms with Crippen LogP contribution < -0.4 is 5.23 Å². The van der Waals surface area contributed by atoms with E-state index in [-0.39, 0.29) is 13.3 Å². The highest BCUT2D eigenvalue weighted by molar-refractivity contribution is 6.64. The third-order valence-electron chi connectivity index (χ3n) is 2.56. The van der Waals surface area contributed by atoms with Gasteiger partial charge in [-0.05, 0) is 18.8 Å². The Balaban J connectivity index is 2.45. The van der Waals surface area contributed by atoms with Gasteiger partial charge in [-0.2, -0.15) is 0 Å². The maximum atomic E-state index is 10.8. The highest BCUT2D eigenvalue weighted by atomic mass is 16.4. The monoisotopic (exact) mass is 183 g/mol. The average Bonchev–Trinajstić information content (AvgIpc) is 2.57. The van der Waals surface area contributed by atoms with Gasteiger partial charge in [-0.25, -0.2) is 0 Å². The van der Waals surface area contributed by atoms with Crippen LogP contribution in [-0.4, -0.2) is 30.7 Å².